The predicted molar refractivity (Wildman–Crippen MR) is 76.2 cm³/mol. The second kappa shape index (κ2) is 6.09. The van der Waals surface area contributed by atoms with E-state index in [1.807, 2.05) is 19.1 Å². The fourth-order valence-electron chi connectivity index (χ4n) is 2.79. The van der Waals surface area contributed by atoms with Crippen LogP contribution in [0.25, 0.3) is 0 Å². The molecule has 1 N–H and O–H groups in total. The molecule has 2 aliphatic rings. The van der Waals surface area contributed by atoms with Gasteiger partial charge < -0.3 is 4.74 Å². The molecule has 1 unspecified atom stereocenters. The summed E-state index contributed by atoms with van der Waals surface area (Å²) in [4.78, 5) is 0. The van der Waals surface area contributed by atoms with Gasteiger partial charge in [-0.25, -0.2) is 13.1 Å². The van der Waals surface area contributed by atoms with E-state index in [0.717, 1.165) is 31.3 Å². The Morgan fingerprint density at radius 2 is 1.95 bits per heavy atom. The van der Waals surface area contributed by atoms with Gasteiger partial charge in [0.2, 0.25) is 10.0 Å². The normalized spacial score (nSPS) is 25.7. The molecule has 0 radical (unpaired) electrons. The summed E-state index contributed by atoms with van der Waals surface area (Å²) in [6, 6.07) is 0.101. The van der Waals surface area contributed by atoms with Crippen molar-refractivity contribution in [2.75, 3.05) is 7.11 Å². The van der Waals surface area contributed by atoms with Crippen molar-refractivity contribution in [3.8, 4) is 0 Å². The molecule has 2 rings (SSSR count). The van der Waals surface area contributed by atoms with E-state index in [1.54, 1.807) is 0 Å². The van der Waals surface area contributed by atoms with Gasteiger partial charge >= 0.3 is 0 Å². The van der Waals surface area contributed by atoms with Crippen molar-refractivity contribution in [3.05, 3.63) is 23.5 Å². The first kappa shape index (κ1) is 14.6. The molecule has 1 atom stereocenters. The van der Waals surface area contributed by atoms with Crippen molar-refractivity contribution in [2.45, 2.75) is 56.7 Å². The van der Waals surface area contributed by atoms with E-state index in [1.165, 1.54) is 13.5 Å². The minimum Gasteiger partial charge on any atom is -0.500 e. The smallest absolute Gasteiger partial charge is 0.222 e. The third kappa shape index (κ3) is 3.60. The summed E-state index contributed by atoms with van der Waals surface area (Å²) in [6.07, 6.45) is 9.61. The quantitative estimate of drug-likeness (QED) is 0.863. The summed E-state index contributed by atoms with van der Waals surface area (Å²) in [6.45, 7) is 1.95. The maximum Gasteiger partial charge on any atom is 0.222 e. The zero-order chi connectivity index (χ0) is 13.9. The number of allylic oxidation sites excluding steroid dienone is 3. The molecule has 0 aromatic rings. The van der Waals surface area contributed by atoms with Crippen LogP contribution in [0.1, 0.15) is 45.4 Å². The first-order valence-corrected chi connectivity index (χ1v) is 8.51. The van der Waals surface area contributed by atoms with Crippen LogP contribution in [0.4, 0.5) is 0 Å². The SMILES string of the molecule is COC1=CC(C)=CCC1S(=O)(=O)NC1CCCCC1. The number of hydrogen-bond donors (Lipinski definition) is 1. The summed E-state index contributed by atoms with van der Waals surface area (Å²) in [5.41, 5.74) is 1.06. The number of hydrogen-bond acceptors (Lipinski definition) is 3. The van der Waals surface area contributed by atoms with E-state index in [-0.39, 0.29) is 6.04 Å². The summed E-state index contributed by atoms with van der Waals surface area (Å²) in [5, 5.41) is -0.580. The molecule has 0 aliphatic heterocycles. The molecule has 0 bridgehead atoms. The Morgan fingerprint density at radius 1 is 1.26 bits per heavy atom. The minimum absolute atomic E-state index is 0.101. The van der Waals surface area contributed by atoms with Crippen LogP contribution in [-0.2, 0) is 14.8 Å². The third-order valence-corrected chi connectivity index (χ3v) is 5.72. The molecule has 0 spiro atoms. The van der Waals surface area contributed by atoms with Gasteiger partial charge in [-0.15, -0.1) is 0 Å². The summed E-state index contributed by atoms with van der Waals surface area (Å²) in [5.74, 6) is 0.545. The zero-order valence-corrected chi connectivity index (χ0v) is 12.5. The number of ether oxygens (including phenoxy) is 1. The summed E-state index contributed by atoms with van der Waals surface area (Å²) >= 11 is 0. The number of methoxy groups -OCH3 is 1. The average Bonchev–Trinajstić information content (AvgIpc) is 2.38. The lowest BCUT2D eigenvalue weighted by atomic mass is 9.96. The average molecular weight is 285 g/mol. The van der Waals surface area contributed by atoms with E-state index < -0.39 is 15.3 Å². The van der Waals surface area contributed by atoms with Crippen molar-refractivity contribution < 1.29 is 13.2 Å². The molecule has 0 heterocycles. The Balaban J connectivity index is 2.09. The first-order chi connectivity index (χ1) is 9.03. The third-order valence-electron chi connectivity index (χ3n) is 3.89. The van der Waals surface area contributed by atoms with Gasteiger partial charge in [0.1, 0.15) is 11.0 Å². The predicted octanol–water partition coefficient (Wildman–Crippen LogP) is 2.49. The van der Waals surface area contributed by atoms with Gasteiger partial charge in [0, 0.05) is 6.04 Å². The highest BCUT2D eigenvalue weighted by molar-refractivity contribution is 7.90. The van der Waals surface area contributed by atoms with E-state index in [9.17, 15) is 8.42 Å². The lowest BCUT2D eigenvalue weighted by Crippen LogP contribution is -2.43. The molecule has 108 valence electrons. The van der Waals surface area contributed by atoms with E-state index in [0.29, 0.717) is 12.2 Å². The Kier molecular flexibility index (Phi) is 4.68. The Hall–Kier alpha value is -0.810. The second-order valence-corrected chi connectivity index (χ2v) is 7.32. The summed E-state index contributed by atoms with van der Waals surface area (Å²) in [7, 11) is -1.82. The Bertz CT molecular complexity index is 473. The first-order valence-electron chi connectivity index (χ1n) is 6.96. The van der Waals surface area contributed by atoms with Gasteiger partial charge in [-0.05, 0) is 32.3 Å². The zero-order valence-electron chi connectivity index (χ0n) is 11.7. The van der Waals surface area contributed by atoms with Crippen LogP contribution < -0.4 is 4.72 Å². The topological polar surface area (TPSA) is 55.4 Å². The molecular weight excluding hydrogens is 262 g/mol. The van der Waals surface area contributed by atoms with Crippen LogP contribution in [0, 0.1) is 0 Å². The van der Waals surface area contributed by atoms with Crippen LogP contribution >= 0.6 is 0 Å². The Labute approximate surface area is 116 Å². The maximum absolute atomic E-state index is 12.5. The standard InChI is InChI=1S/C14H23NO3S/c1-11-8-9-14(13(10-11)18-2)19(16,17)15-12-6-4-3-5-7-12/h8,10,12,14-15H,3-7,9H2,1-2H3. The van der Waals surface area contributed by atoms with Crippen molar-refractivity contribution in [3.63, 3.8) is 0 Å². The fraction of sp³-hybridized carbons (Fsp3) is 0.714. The molecule has 2 aliphatic carbocycles. The van der Waals surface area contributed by atoms with Gasteiger partial charge in [-0.2, -0.15) is 0 Å². The highest BCUT2D eigenvalue weighted by atomic mass is 32.2. The highest BCUT2D eigenvalue weighted by Gasteiger charge is 2.33. The molecule has 1 fully saturated rings. The molecule has 0 saturated heterocycles. The van der Waals surface area contributed by atoms with E-state index in [4.69, 9.17) is 4.74 Å². The van der Waals surface area contributed by atoms with Crippen molar-refractivity contribution in [2.24, 2.45) is 0 Å². The largest absolute Gasteiger partial charge is 0.500 e. The van der Waals surface area contributed by atoms with Crippen LogP contribution in [0.5, 0.6) is 0 Å². The van der Waals surface area contributed by atoms with Gasteiger partial charge in [-0.3, -0.25) is 0 Å². The minimum atomic E-state index is -3.36. The molecule has 0 amide bonds. The molecule has 0 aromatic carbocycles. The Morgan fingerprint density at radius 3 is 2.58 bits per heavy atom. The second-order valence-electron chi connectivity index (χ2n) is 5.42. The highest BCUT2D eigenvalue weighted by Crippen LogP contribution is 2.26. The van der Waals surface area contributed by atoms with Crippen LogP contribution in [0.3, 0.4) is 0 Å². The van der Waals surface area contributed by atoms with Crippen molar-refractivity contribution in [1.82, 2.24) is 4.72 Å². The lowest BCUT2D eigenvalue weighted by Gasteiger charge is -2.27. The number of nitrogens with one attached hydrogen (secondary N) is 1. The van der Waals surface area contributed by atoms with Crippen LogP contribution in [0.15, 0.2) is 23.5 Å². The maximum atomic E-state index is 12.5. The molecule has 1 saturated carbocycles. The lowest BCUT2D eigenvalue weighted by molar-refractivity contribution is 0.275. The molecule has 0 aromatic heterocycles. The van der Waals surface area contributed by atoms with Crippen molar-refractivity contribution in [1.29, 1.82) is 0 Å². The molecule has 5 heteroatoms. The monoisotopic (exact) mass is 285 g/mol. The van der Waals surface area contributed by atoms with Crippen LogP contribution in [0.2, 0.25) is 0 Å². The molecular formula is C14H23NO3S. The van der Waals surface area contributed by atoms with Gasteiger partial charge in [-0.1, -0.05) is 30.9 Å². The molecule has 19 heavy (non-hydrogen) atoms. The van der Waals surface area contributed by atoms with Gasteiger partial charge in [0.05, 0.1) is 7.11 Å². The fourth-order valence-corrected chi connectivity index (χ4v) is 4.47. The number of sulfonamides is 1. The summed E-state index contributed by atoms with van der Waals surface area (Å²) < 4.78 is 33.1. The molecule has 4 nitrogen and oxygen atoms in total. The van der Waals surface area contributed by atoms with E-state index in [2.05, 4.69) is 4.72 Å². The van der Waals surface area contributed by atoms with Crippen molar-refractivity contribution >= 4 is 10.0 Å². The van der Waals surface area contributed by atoms with Gasteiger partial charge in [0.25, 0.3) is 0 Å². The van der Waals surface area contributed by atoms with Gasteiger partial charge in [0.15, 0.2) is 0 Å². The number of rotatable bonds is 4. The van der Waals surface area contributed by atoms with E-state index >= 15 is 0 Å². The van der Waals surface area contributed by atoms with Crippen LogP contribution in [-0.4, -0.2) is 26.8 Å².